The average Bonchev–Trinajstić information content (AvgIpc) is 3.13. The molecule has 0 aliphatic rings. The number of aromatic nitrogens is 3. The predicted molar refractivity (Wildman–Crippen MR) is 106 cm³/mol. The highest BCUT2D eigenvalue weighted by Crippen LogP contribution is 2.29. The van der Waals surface area contributed by atoms with Gasteiger partial charge in [-0.25, -0.2) is 9.67 Å². The zero-order valence-corrected chi connectivity index (χ0v) is 17.4. The second kappa shape index (κ2) is 8.66. The van der Waals surface area contributed by atoms with Crippen LogP contribution < -0.4 is 9.47 Å². The molecule has 0 unspecified atom stereocenters. The Hall–Kier alpha value is -3.56. The van der Waals surface area contributed by atoms with E-state index < -0.39 is 11.7 Å². The summed E-state index contributed by atoms with van der Waals surface area (Å²) in [6.07, 6.45) is -2.36. The van der Waals surface area contributed by atoms with Crippen LogP contribution in [0, 0.1) is 6.92 Å². The average molecular weight is 434 g/mol. The van der Waals surface area contributed by atoms with E-state index in [2.05, 4.69) is 10.1 Å². The van der Waals surface area contributed by atoms with Crippen molar-refractivity contribution in [3.8, 4) is 17.3 Å². The number of halogens is 3. The van der Waals surface area contributed by atoms with Gasteiger partial charge in [0, 0.05) is 19.8 Å². The van der Waals surface area contributed by atoms with Gasteiger partial charge in [0.15, 0.2) is 17.3 Å². The maximum Gasteiger partial charge on any atom is 0.417 e. The van der Waals surface area contributed by atoms with Gasteiger partial charge in [-0.15, -0.1) is 0 Å². The molecule has 0 fully saturated rings. The highest BCUT2D eigenvalue weighted by atomic mass is 19.4. The molecule has 0 spiro atoms. The molecule has 0 saturated carbocycles. The number of nitrogens with zero attached hydrogens (tertiary/aromatic N) is 4. The van der Waals surface area contributed by atoms with Gasteiger partial charge in [0.2, 0.25) is 0 Å². The quantitative estimate of drug-likeness (QED) is 0.589. The van der Waals surface area contributed by atoms with Gasteiger partial charge in [0.05, 0.1) is 37.2 Å². The van der Waals surface area contributed by atoms with Crippen molar-refractivity contribution in [1.82, 2.24) is 19.7 Å². The van der Waals surface area contributed by atoms with E-state index in [9.17, 15) is 18.0 Å². The summed E-state index contributed by atoms with van der Waals surface area (Å²) in [5, 5.41) is 4.13. The number of carbonyl (C=O) groups excluding carboxylic acids is 1. The molecule has 31 heavy (non-hydrogen) atoms. The molecule has 0 aliphatic carbocycles. The van der Waals surface area contributed by atoms with Crippen LogP contribution >= 0.6 is 0 Å². The molecule has 0 atom stereocenters. The fraction of sp³-hybridized carbons (Fsp3) is 0.286. The van der Waals surface area contributed by atoms with Crippen LogP contribution in [-0.2, 0) is 12.7 Å². The van der Waals surface area contributed by atoms with Crippen LogP contribution in [0.25, 0.3) is 5.82 Å². The van der Waals surface area contributed by atoms with Crippen molar-refractivity contribution in [3.63, 3.8) is 0 Å². The van der Waals surface area contributed by atoms with Crippen molar-refractivity contribution < 1.29 is 27.4 Å². The van der Waals surface area contributed by atoms with Crippen LogP contribution in [0.1, 0.15) is 27.2 Å². The Bertz CT molecular complexity index is 1080. The Morgan fingerprint density at radius 3 is 2.39 bits per heavy atom. The van der Waals surface area contributed by atoms with Crippen molar-refractivity contribution in [2.24, 2.45) is 0 Å². The summed E-state index contributed by atoms with van der Waals surface area (Å²) in [5.74, 6) is 1.04. The maximum absolute atomic E-state index is 12.9. The standard InChI is InChI=1S/C21H21F3N4O3/c1-13-16(11-26-28(13)19-8-6-15(10-25-19)21(22,23)24)20(29)27(2)12-14-5-7-17(30-3)18(9-14)31-4/h5-11H,12H2,1-4H3. The predicted octanol–water partition coefficient (Wildman–Crippen LogP) is 3.88. The molecule has 164 valence electrons. The summed E-state index contributed by atoms with van der Waals surface area (Å²) in [4.78, 5) is 18.3. The van der Waals surface area contributed by atoms with E-state index in [1.165, 1.54) is 29.0 Å². The monoisotopic (exact) mass is 434 g/mol. The minimum Gasteiger partial charge on any atom is -0.493 e. The van der Waals surface area contributed by atoms with Gasteiger partial charge in [-0.1, -0.05) is 6.07 Å². The zero-order valence-electron chi connectivity index (χ0n) is 17.4. The van der Waals surface area contributed by atoms with Crippen molar-refractivity contribution in [3.05, 3.63) is 65.1 Å². The molecule has 0 N–H and O–H groups in total. The summed E-state index contributed by atoms with van der Waals surface area (Å²) >= 11 is 0. The second-order valence-corrected chi connectivity index (χ2v) is 6.81. The van der Waals surface area contributed by atoms with E-state index in [1.54, 1.807) is 33.2 Å². The van der Waals surface area contributed by atoms with Gasteiger partial charge in [-0.3, -0.25) is 4.79 Å². The van der Waals surface area contributed by atoms with Crippen molar-refractivity contribution in [1.29, 1.82) is 0 Å². The van der Waals surface area contributed by atoms with E-state index in [-0.39, 0.29) is 11.7 Å². The smallest absolute Gasteiger partial charge is 0.417 e. The third-order valence-electron chi connectivity index (χ3n) is 4.75. The zero-order chi connectivity index (χ0) is 22.8. The van der Waals surface area contributed by atoms with Gasteiger partial charge < -0.3 is 14.4 Å². The molecule has 0 saturated heterocycles. The normalized spacial score (nSPS) is 11.3. The molecule has 7 nitrogen and oxygen atoms in total. The minimum atomic E-state index is -4.47. The van der Waals surface area contributed by atoms with Crippen molar-refractivity contribution in [2.75, 3.05) is 21.3 Å². The molecule has 2 heterocycles. The Kier molecular flexibility index (Phi) is 6.19. The molecule has 3 aromatic rings. The topological polar surface area (TPSA) is 69.5 Å². The number of rotatable bonds is 6. The second-order valence-electron chi connectivity index (χ2n) is 6.81. The van der Waals surface area contributed by atoms with Crippen LogP contribution in [0.2, 0.25) is 0 Å². The van der Waals surface area contributed by atoms with Crippen molar-refractivity contribution in [2.45, 2.75) is 19.6 Å². The van der Waals surface area contributed by atoms with E-state index in [0.717, 1.165) is 17.8 Å². The molecule has 3 rings (SSSR count). The lowest BCUT2D eigenvalue weighted by Gasteiger charge is -2.18. The lowest BCUT2D eigenvalue weighted by Crippen LogP contribution is -2.26. The number of ether oxygens (including phenoxy) is 2. The van der Waals surface area contributed by atoms with Gasteiger partial charge in [-0.05, 0) is 36.8 Å². The van der Waals surface area contributed by atoms with Gasteiger partial charge >= 0.3 is 6.18 Å². The molecule has 2 aromatic heterocycles. The molecule has 10 heteroatoms. The number of hydrogen-bond acceptors (Lipinski definition) is 5. The fourth-order valence-corrected chi connectivity index (χ4v) is 3.06. The number of amides is 1. The summed E-state index contributed by atoms with van der Waals surface area (Å²) in [7, 11) is 4.72. The highest BCUT2D eigenvalue weighted by Gasteiger charge is 2.31. The van der Waals surface area contributed by atoms with E-state index in [0.29, 0.717) is 29.3 Å². The van der Waals surface area contributed by atoms with Gasteiger partial charge in [0.1, 0.15) is 0 Å². The largest absolute Gasteiger partial charge is 0.493 e. The molecular weight excluding hydrogens is 413 g/mol. The van der Waals surface area contributed by atoms with Gasteiger partial charge in [0.25, 0.3) is 5.91 Å². The maximum atomic E-state index is 12.9. The highest BCUT2D eigenvalue weighted by molar-refractivity contribution is 5.95. The lowest BCUT2D eigenvalue weighted by atomic mass is 10.1. The van der Waals surface area contributed by atoms with E-state index in [4.69, 9.17) is 9.47 Å². The van der Waals surface area contributed by atoms with Crippen LogP contribution in [0.3, 0.4) is 0 Å². The molecule has 1 amide bonds. The summed E-state index contributed by atoms with van der Waals surface area (Å²) in [6, 6.07) is 7.50. The van der Waals surface area contributed by atoms with Crippen LogP contribution in [0.5, 0.6) is 11.5 Å². The summed E-state index contributed by atoms with van der Waals surface area (Å²) < 4.78 is 50.1. The summed E-state index contributed by atoms with van der Waals surface area (Å²) in [6.45, 7) is 1.96. The fourth-order valence-electron chi connectivity index (χ4n) is 3.06. The van der Waals surface area contributed by atoms with Crippen molar-refractivity contribution >= 4 is 5.91 Å². The number of pyridine rings is 1. The SMILES string of the molecule is COc1ccc(CN(C)C(=O)c2cnn(-c3ccc(C(F)(F)F)cn3)c2C)cc1OC. The van der Waals surface area contributed by atoms with E-state index >= 15 is 0 Å². The number of hydrogen-bond donors (Lipinski definition) is 0. The van der Waals surface area contributed by atoms with Crippen LogP contribution in [-0.4, -0.2) is 46.8 Å². The van der Waals surface area contributed by atoms with Crippen LogP contribution in [0.15, 0.2) is 42.7 Å². The Labute approximate surface area is 177 Å². The van der Waals surface area contributed by atoms with Gasteiger partial charge in [-0.2, -0.15) is 18.3 Å². The number of methoxy groups -OCH3 is 2. The first-order valence-electron chi connectivity index (χ1n) is 9.20. The molecular formula is C21H21F3N4O3. The number of alkyl halides is 3. The first kappa shape index (κ1) is 22.1. The third-order valence-corrected chi connectivity index (χ3v) is 4.75. The number of carbonyl (C=O) groups is 1. The first-order valence-corrected chi connectivity index (χ1v) is 9.20. The minimum absolute atomic E-state index is 0.187. The Morgan fingerprint density at radius 2 is 1.81 bits per heavy atom. The first-order chi connectivity index (χ1) is 14.7. The Morgan fingerprint density at radius 1 is 1.10 bits per heavy atom. The van der Waals surface area contributed by atoms with E-state index in [1.807, 2.05) is 6.07 Å². The molecule has 0 radical (unpaired) electrons. The third kappa shape index (κ3) is 4.62. The van der Waals surface area contributed by atoms with Crippen LogP contribution in [0.4, 0.5) is 13.2 Å². The molecule has 1 aromatic carbocycles. The lowest BCUT2D eigenvalue weighted by molar-refractivity contribution is -0.137. The molecule has 0 bridgehead atoms. The molecule has 0 aliphatic heterocycles. The number of benzene rings is 1. The summed E-state index contributed by atoms with van der Waals surface area (Å²) in [5.41, 5.74) is 0.774. The Balaban J connectivity index is 1.79.